The lowest BCUT2D eigenvalue weighted by atomic mass is 10.2. The first-order valence-electron chi connectivity index (χ1n) is 7.54. The summed E-state index contributed by atoms with van der Waals surface area (Å²) in [7, 11) is 1.88. The van der Waals surface area contributed by atoms with Crippen molar-refractivity contribution in [3.05, 3.63) is 35.0 Å². The van der Waals surface area contributed by atoms with Crippen molar-refractivity contribution < 1.29 is 4.79 Å². The van der Waals surface area contributed by atoms with Crippen LogP contribution in [0.15, 0.2) is 29.5 Å². The average Bonchev–Trinajstić information content (AvgIpc) is 3.23. The summed E-state index contributed by atoms with van der Waals surface area (Å²) in [6.45, 7) is 2.96. The van der Waals surface area contributed by atoms with Gasteiger partial charge in [0.05, 0.1) is 13.1 Å². The Balaban J connectivity index is 1.53. The molecule has 0 radical (unpaired) electrons. The maximum atomic E-state index is 12.4. The molecule has 22 heavy (non-hydrogen) atoms. The molecule has 2 aromatic heterocycles. The van der Waals surface area contributed by atoms with Gasteiger partial charge in [-0.15, -0.1) is 0 Å². The van der Waals surface area contributed by atoms with Crippen LogP contribution < -0.4 is 0 Å². The van der Waals surface area contributed by atoms with Gasteiger partial charge in [0, 0.05) is 19.6 Å². The Labute approximate surface area is 134 Å². The van der Waals surface area contributed by atoms with Crippen LogP contribution in [0.2, 0.25) is 0 Å². The van der Waals surface area contributed by atoms with E-state index in [1.807, 2.05) is 22.0 Å². The molecule has 0 N–H and O–H groups in total. The molecule has 118 valence electrons. The molecule has 3 heterocycles. The maximum absolute atomic E-state index is 12.4. The van der Waals surface area contributed by atoms with Crippen molar-refractivity contribution in [1.29, 1.82) is 0 Å². The first kappa shape index (κ1) is 15.2. The Morgan fingerprint density at radius 1 is 1.55 bits per heavy atom. The van der Waals surface area contributed by atoms with Crippen LogP contribution in [-0.2, 0) is 17.9 Å². The van der Waals surface area contributed by atoms with Crippen LogP contribution in [0.1, 0.15) is 18.4 Å². The third kappa shape index (κ3) is 3.72. The van der Waals surface area contributed by atoms with Gasteiger partial charge in [-0.25, -0.2) is 4.98 Å². The van der Waals surface area contributed by atoms with Crippen molar-refractivity contribution in [3.63, 3.8) is 0 Å². The molecule has 1 saturated heterocycles. The van der Waals surface area contributed by atoms with Crippen LogP contribution in [0.4, 0.5) is 0 Å². The number of rotatable bonds is 6. The van der Waals surface area contributed by atoms with Gasteiger partial charge in [-0.05, 0) is 41.8 Å². The predicted molar refractivity (Wildman–Crippen MR) is 85.4 cm³/mol. The molecule has 1 fully saturated rings. The molecule has 0 spiro atoms. The third-order valence-corrected chi connectivity index (χ3v) is 4.86. The number of likely N-dealkylation sites (tertiary alicyclic amines) is 1. The van der Waals surface area contributed by atoms with Gasteiger partial charge in [-0.2, -0.15) is 16.4 Å². The second kappa shape index (κ2) is 7.02. The number of carbonyl (C=O) groups is 1. The molecule has 0 aromatic carbocycles. The van der Waals surface area contributed by atoms with Crippen molar-refractivity contribution in [3.8, 4) is 0 Å². The number of nitrogens with zero attached hydrogens (tertiary/aromatic N) is 5. The third-order valence-electron chi connectivity index (χ3n) is 4.13. The Kier molecular flexibility index (Phi) is 4.84. The molecule has 1 atom stereocenters. The number of hydrogen-bond donors (Lipinski definition) is 0. The molecule has 6 nitrogen and oxygen atoms in total. The highest BCUT2D eigenvalue weighted by atomic mass is 32.1. The SMILES string of the molecule is CN(Cc1ccsc1)C(=O)CN1CCC[C@@H]1Cn1cncn1. The van der Waals surface area contributed by atoms with E-state index in [0.717, 1.165) is 25.9 Å². The first-order valence-corrected chi connectivity index (χ1v) is 8.48. The predicted octanol–water partition coefficient (Wildman–Crippen LogP) is 1.46. The van der Waals surface area contributed by atoms with E-state index in [1.54, 1.807) is 24.0 Å². The van der Waals surface area contributed by atoms with Crippen molar-refractivity contribution >= 4 is 17.2 Å². The molecule has 2 aromatic rings. The number of amides is 1. The zero-order valence-electron chi connectivity index (χ0n) is 12.8. The van der Waals surface area contributed by atoms with Crippen LogP contribution in [0, 0.1) is 0 Å². The average molecular weight is 319 g/mol. The number of thiophene rings is 1. The molecule has 1 amide bonds. The summed E-state index contributed by atoms with van der Waals surface area (Å²) in [5.74, 6) is 0.177. The van der Waals surface area contributed by atoms with Gasteiger partial charge in [0.2, 0.25) is 5.91 Å². The van der Waals surface area contributed by atoms with Crippen LogP contribution in [-0.4, -0.2) is 56.7 Å². The molecule has 0 aliphatic carbocycles. The summed E-state index contributed by atoms with van der Waals surface area (Å²) >= 11 is 1.66. The Hall–Kier alpha value is -1.73. The summed E-state index contributed by atoms with van der Waals surface area (Å²) in [5, 5.41) is 8.30. The summed E-state index contributed by atoms with van der Waals surface area (Å²) < 4.78 is 1.85. The lowest BCUT2D eigenvalue weighted by Crippen LogP contribution is -2.41. The fourth-order valence-electron chi connectivity index (χ4n) is 2.89. The molecular weight excluding hydrogens is 298 g/mol. The van der Waals surface area contributed by atoms with E-state index < -0.39 is 0 Å². The highest BCUT2D eigenvalue weighted by Gasteiger charge is 2.27. The standard InChI is InChI=1S/C15H21N5OS/c1-18(7-13-4-6-22-10-13)15(21)9-19-5-2-3-14(19)8-20-12-16-11-17-20/h4,6,10-12,14H,2-3,5,7-9H2,1H3/t14-/m1/s1. The largest absolute Gasteiger partial charge is 0.340 e. The van der Waals surface area contributed by atoms with Gasteiger partial charge >= 0.3 is 0 Å². The molecule has 3 rings (SSSR count). The molecule has 0 saturated carbocycles. The zero-order valence-corrected chi connectivity index (χ0v) is 13.6. The van der Waals surface area contributed by atoms with Crippen LogP contribution in [0.25, 0.3) is 0 Å². The Morgan fingerprint density at radius 3 is 3.18 bits per heavy atom. The maximum Gasteiger partial charge on any atom is 0.236 e. The van der Waals surface area contributed by atoms with Crippen molar-refractivity contribution in [2.75, 3.05) is 20.1 Å². The summed E-state index contributed by atoms with van der Waals surface area (Å²) in [5.41, 5.74) is 1.20. The molecular formula is C15H21N5OS. The Bertz CT molecular complexity index is 583. The van der Waals surface area contributed by atoms with Crippen molar-refractivity contribution in [2.24, 2.45) is 0 Å². The highest BCUT2D eigenvalue weighted by Crippen LogP contribution is 2.18. The molecule has 1 aliphatic heterocycles. The molecule has 0 unspecified atom stereocenters. The van der Waals surface area contributed by atoms with Gasteiger partial charge < -0.3 is 4.90 Å². The van der Waals surface area contributed by atoms with Crippen molar-refractivity contribution in [2.45, 2.75) is 32.0 Å². The van der Waals surface area contributed by atoms with Gasteiger partial charge in [0.1, 0.15) is 12.7 Å². The van der Waals surface area contributed by atoms with Crippen LogP contribution in [0.5, 0.6) is 0 Å². The summed E-state index contributed by atoms with van der Waals surface area (Å²) in [4.78, 5) is 20.5. The fraction of sp³-hybridized carbons (Fsp3) is 0.533. The fourth-order valence-corrected chi connectivity index (χ4v) is 3.55. The second-order valence-electron chi connectivity index (χ2n) is 5.77. The Morgan fingerprint density at radius 2 is 2.45 bits per heavy atom. The van der Waals surface area contributed by atoms with Crippen LogP contribution >= 0.6 is 11.3 Å². The number of aromatic nitrogens is 3. The smallest absolute Gasteiger partial charge is 0.236 e. The van der Waals surface area contributed by atoms with Crippen LogP contribution in [0.3, 0.4) is 0 Å². The van der Waals surface area contributed by atoms with E-state index in [4.69, 9.17) is 0 Å². The van der Waals surface area contributed by atoms with Gasteiger partial charge in [0.25, 0.3) is 0 Å². The number of hydrogen-bond acceptors (Lipinski definition) is 5. The number of carbonyl (C=O) groups excluding carboxylic acids is 1. The second-order valence-corrected chi connectivity index (χ2v) is 6.55. The van der Waals surface area contributed by atoms with E-state index in [0.29, 0.717) is 19.1 Å². The minimum atomic E-state index is 0.177. The van der Waals surface area contributed by atoms with Crippen molar-refractivity contribution in [1.82, 2.24) is 24.6 Å². The van der Waals surface area contributed by atoms with E-state index in [-0.39, 0.29) is 5.91 Å². The van der Waals surface area contributed by atoms with E-state index in [1.165, 1.54) is 5.56 Å². The van der Waals surface area contributed by atoms with Gasteiger partial charge in [0.15, 0.2) is 0 Å². The quantitative estimate of drug-likeness (QED) is 0.809. The van der Waals surface area contributed by atoms with E-state index >= 15 is 0 Å². The summed E-state index contributed by atoms with van der Waals surface area (Å²) in [6, 6.07) is 2.44. The minimum absolute atomic E-state index is 0.177. The molecule has 7 heteroatoms. The zero-order chi connectivity index (χ0) is 15.4. The highest BCUT2D eigenvalue weighted by molar-refractivity contribution is 7.07. The molecule has 1 aliphatic rings. The topological polar surface area (TPSA) is 54.3 Å². The first-order chi connectivity index (χ1) is 10.7. The van der Waals surface area contributed by atoms with Gasteiger partial charge in [-0.3, -0.25) is 14.4 Å². The lowest BCUT2D eigenvalue weighted by molar-refractivity contribution is -0.131. The minimum Gasteiger partial charge on any atom is -0.340 e. The monoisotopic (exact) mass is 319 g/mol. The summed E-state index contributed by atoms with van der Waals surface area (Å²) in [6.07, 6.45) is 5.54. The normalized spacial score (nSPS) is 18.7. The van der Waals surface area contributed by atoms with E-state index in [2.05, 4.69) is 26.4 Å². The lowest BCUT2D eigenvalue weighted by Gasteiger charge is -2.26. The van der Waals surface area contributed by atoms with E-state index in [9.17, 15) is 4.79 Å². The van der Waals surface area contributed by atoms with Gasteiger partial charge in [-0.1, -0.05) is 0 Å². The number of likely N-dealkylation sites (N-methyl/N-ethyl adjacent to an activating group) is 1. The molecule has 0 bridgehead atoms.